The average molecular weight is 739 g/mol. The van der Waals surface area contributed by atoms with E-state index in [4.69, 9.17) is 10.5 Å². The van der Waals surface area contributed by atoms with Gasteiger partial charge in [0.2, 0.25) is 29.5 Å². The lowest BCUT2D eigenvalue weighted by Gasteiger charge is -2.34. The van der Waals surface area contributed by atoms with E-state index in [2.05, 4.69) is 28.2 Å². The highest BCUT2D eigenvalue weighted by molar-refractivity contribution is 5.96. The van der Waals surface area contributed by atoms with Gasteiger partial charge in [0.05, 0.1) is 12.0 Å². The fraction of sp³-hybridized carbons (Fsp3) is 0.842. The van der Waals surface area contributed by atoms with Gasteiger partial charge < -0.3 is 41.7 Å². The predicted molar refractivity (Wildman–Crippen MR) is 200 cm³/mol. The van der Waals surface area contributed by atoms with Crippen LogP contribution in [0.15, 0.2) is 0 Å². The van der Waals surface area contributed by atoms with Crippen molar-refractivity contribution in [1.29, 1.82) is 0 Å². The number of esters is 1. The standard InChI is InChI=1S/C38H70N6O8/c1-10-13-14-15-16-17-18-19-20-30-25(7)37(50)44(9)29(21-23(4)5)34(47)42-31(24(6)11-2)35(48)41-28(22-39)33(46)43-32(26(8)45)36(49)40-27(12-3)38(51)52-30/h23-32,45H,10-22,39H2,1-9H3,(H,40,49)(H,41,48)(H,42,47)(H,43,46)/t24?,25-,26?,27-,28+,29+,30-,31+,32+/m1/s1. The van der Waals surface area contributed by atoms with Crippen molar-refractivity contribution < 1.29 is 38.6 Å². The van der Waals surface area contributed by atoms with Gasteiger partial charge in [-0.15, -0.1) is 0 Å². The Morgan fingerprint density at radius 3 is 1.81 bits per heavy atom. The van der Waals surface area contributed by atoms with Crippen molar-refractivity contribution >= 4 is 35.5 Å². The maximum atomic E-state index is 14.2. The smallest absolute Gasteiger partial charge is 0.328 e. The quantitative estimate of drug-likeness (QED) is 0.101. The number of aliphatic hydroxyl groups excluding tert-OH is 1. The molecule has 1 fully saturated rings. The number of amides is 5. The number of hydrogen-bond acceptors (Lipinski definition) is 9. The van der Waals surface area contributed by atoms with E-state index in [1.165, 1.54) is 31.1 Å². The van der Waals surface area contributed by atoms with Crippen LogP contribution in [0.1, 0.15) is 132 Å². The number of rotatable bonds is 16. The summed E-state index contributed by atoms with van der Waals surface area (Å²) in [5.41, 5.74) is 5.87. The van der Waals surface area contributed by atoms with Gasteiger partial charge in [-0.25, -0.2) is 4.79 Å². The van der Waals surface area contributed by atoms with Gasteiger partial charge in [0.15, 0.2) is 0 Å². The number of aliphatic hydroxyl groups is 1. The molecule has 7 N–H and O–H groups in total. The molecule has 0 spiro atoms. The summed E-state index contributed by atoms with van der Waals surface area (Å²) < 4.78 is 6.01. The number of hydrogen-bond donors (Lipinski definition) is 6. The first-order chi connectivity index (χ1) is 24.5. The fourth-order valence-corrected chi connectivity index (χ4v) is 6.34. The van der Waals surface area contributed by atoms with Crippen molar-refractivity contribution in [1.82, 2.24) is 26.2 Å². The molecule has 5 amide bonds. The third-order valence-corrected chi connectivity index (χ3v) is 10.1. The second kappa shape index (κ2) is 24.1. The number of nitrogens with zero attached hydrogens (tertiary/aromatic N) is 1. The Labute approximate surface area is 311 Å². The van der Waals surface area contributed by atoms with E-state index in [-0.39, 0.29) is 24.8 Å². The Morgan fingerprint density at radius 1 is 0.750 bits per heavy atom. The largest absolute Gasteiger partial charge is 0.460 e. The average Bonchev–Trinajstić information content (AvgIpc) is 3.10. The highest BCUT2D eigenvalue weighted by Crippen LogP contribution is 2.23. The van der Waals surface area contributed by atoms with Gasteiger partial charge >= 0.3 is 5.97 Å². The van der Waals surface area contributed by atoms with E-state index in [1.54, 1.807) is 27.8 Å². The van der Waals surface area contributed by atoms with Crippen LogP contribution in [0.2, 0.25) is 0 Å². The highest BCUT2D eigenvalue weighted by Gasteiger charge is 2.39. The van der Waals surface area contributed by atoms with Gasteiger partial charge in [-0.2, -0.15) is 0 Å². The molecule has 300 valence electrons. The van der Waals surface area contributed by atoms with Crippen LogP contribution in [0.5, 0.6) is 0 Å². The zero-order valence-corrected chi connectivity index (χ0v) is 33.3. The van der Waals surface area contributed by atoms with Crippen molar-refractivity contribution in [2.45, 2.75) is 175 Å². The summed E-state index contributed by atoms with van der Waals surface area (Å²) in [6.45, 7) is 14.0. The summed E-state index contributed by atoms with van der Waals surface area (Å²) in [4.78, 5) is 83.6. The molecule has 0 aromatic heterocycles. The lowest BCUT2D eigenvalue weighted by molar-refractivity contribution is -0.160. The molecule has 0 aromatic carbocycles. The number of nitrogens with two attached hydrogens (primary N) is 1. The molecule has 0 bridgehead atoms. The summed E-state index contributed by atoms with van der Waals surface area (Å²) >= 11 is 0. The SMILES string of the molecule is CCCCCCCCCC[C@H]1OC(=O)[C@@H](CC)NC(=O)[C@H](C(C)O)NC(=O)[C@H](CN)NC(=O)[C@H](C(C)CC)NC(=O)[C@H](CC(C)C)N(C)C(=O)[C@@H]1C. The molecule has 1 aliphatic rings. The summed E-state index contributed by atoms with van der Waals surface area (Å²) in [6, 6.07) is -5.97. The van der Waals surface area contributed by atoms with Gasteiger partial charge in [-0.1, -0.05) is 99.8 Å². The third kappa shape index (κ3) is 15.0. The number of carbonyl (C=O) groups is 6. The van der Waals surface area contributed by atoms with Gasteiger partial charge in [-0.05, 0) is 44.4 Å². The molecule has 14 nitrogen and oxygen atoms in total. The van der Waals surface area contributed by atoms with E-state index in [0.29, 0.717) is 25.7 Å². The molecule has 0 aliphatic carbocycles. The molecule has 1 saturated heterocycles. The van der Waals surface area contributed by atoms with Crippen molar-refractivity contribution in [3.05, 3.63) is 0 Å². The van der Waals surface area contributed by atoms with Crippen LogP contribution in [-0.2, 0) is 33.5 Å². The first kappa shape index (κ1) is 46.8. The van der Waals surface area contributed by atoms with E-state index in [0.717, 1.165) is 25.7 Å². The Bertz CT molecular complexity index is 1150. The number of cyclic esters (lactones) is 1. The monoisotopic (exact) mass is 739 g/mol. The van der Waals surface area contributed by atoms with Crippen LogP contribution in [0, 0.1) is 17.8 Å². The maximum absolute atomic E-state index is 14.2. The highest BCUT2D eigenvalue weighted by atomic mass is 16.5. The first-order valence-corrected chi connectivity index (χ1v) is 19.6. The van der Waals surface area contributed by atoms with Crippen LogP contribution in [-0.4, -0.2) is 102 Å². The van der Waals surface area contributed by atoms with Gasteiger partial charge in [0, 0.05) is 13.6 Å². The third-order valence-electron chi connectivity index (χ3n) is 10.1. The molecule has 1 aliphatic heterocycles. The number of ether oxygens (including phenoxy) is 1. The van der Waals surface area contributed by atoms with Crippen LogP contribution in [0.25, 0.3) is 0 Å². The predicted octanol–water partition coefficient (Wildman–Crippen LogP) is 2.69. The minimum absolute atomic E-state index is 0.00541. The molecule has 0 aromatic rings. The molecular formula is C38H70N6O8. The lowest BCUT2D eigenvalue weighted by Crippen LogP contribution is -2.62. The summed E-state index contributed by atoms with van der Waals surface area (Å²) in [5.74, 6) is -5.21. The summed E-state index contributed by atoms with van der Waals surface area (Å²) in [6.07, 6.45) is 7.54. The topological polar surface area (TPSA) is 209 Å². The zero-order valence-electron chi connectivity index (χ0n) is 33.3. The van der Waals surface area contributed by atoms with E-state index < -0.39 is 83.8 Å². The fourth-order valence-electron chi connectivity index (χ4n) is 6.34. The van der Waals surface area contributed by atoms with Crippen LogP contribution >= 0.6 is 0 Å². The normalized spacial score (nSPS) is 27.4. The van der Waals surface area contributed by atoms with Crippen molar-refractivity contribution in [2.75, 3.05) is 13.6 Å². The van der Waals surface area contributed by atoms with Crippen molar-refractivity contribution in [2.24, 2.45) is 23.5 Å². The zero-order chi connectivity index (χ0) is 39.5. The lowest BCUT2D eigenvalue weighted by atomic mass is 9.94. The maximum Gasteiger partial charge on any atom is 0.328 e. The van der Waals surface area contributed by atoms with E-state index in [9.17, 15) is 33.9 Å². The summed E-state index contributed by atoms with van der Waals surface area (Å²) in [5, 5.41) is 21.0. The van der Waals surface area contributed by atoms with Crippen molar-refractivity contribution in [3.63, 3.8) is 0 Å². The Balaban J connectivity index is 3.64. The van der Waals surface area contributed by atoms with E-state index in [1.807, 2.05) is 20.8 Å². The molecule has 0 radical (unpaired) electrons. The van der Waals surface area contributed by atoms with E-state index >= 15 is 0 Å². The molecule has 0 saturated carbocycles. The number of unbranched alkanes of at least 4 members (excludes halogenated alkanes) is 7. The second-order valence-corrected chi connectivity index (χ2v) is 15.0. The Kier molecular flexibility index (Phi) is 21.7. The Hall–Kier alpha value is -3.26. The molecular weight excluding hydrogens is 668 g/mol. The number of carbonyl (C=O) groups excluding carboxylic acids is 6. The molecule has 14 heteroatoms. The van der Waals surface area contributed by atoms with Crippen LogP contribution in [0.4, 0.5) is 0 Å². The van der Waals surface area contributed by atoms with Crippen LogP contribution in [0.3, 0.4) is 0 Å². The van der Waals surface area contributed by atoms with Crippen LogP contribution < -0.4 is 27.0 Å². The number of likely N-dealkylation sites (N-methyl/N-ethyl adjacent to an activating group) is 1. The second-order valence-electron chi connectivity index (χ2n) is 15.0. The molecule has 2 unspecified atom stereocenters. The van der Waals surface area contributed by atoms with Gasteiger partial charge in [0.1, 0.15) is 36.3 Å². The molecule has 1 heterocycles. The van der Waals surface area contributed by atoms with Crippen molar-refractivity contribution in [3.8, 4) is 0 Å². The molecule has 9 atom stereocenters. The molecule has 52 heavy (non-hydrogen) atoms. The summed E-state index contributed by atoms with van der Waals surface area (Å²) in [7, 11) is 1.54. The molecule has 1 rings (SSSR count). The van der Waals surface area contributed by atoms with Gasteiger partial charge in [-0.3, -0.25) is 24.0 Å². The minimum Gasteiger partial charge on any atom is -0.460 e. The Morgan fingerprint density at radius 2 is 1.29 bits per heavy atom. The number of nitrogens with one attached hydrogen (secondary N) is 4. The first-order valence-electron chi connectivity index (χ1n) is 19.6. The minimum atomic E-state index is -1.49. The van der Waals surface area contributed by atoms with Gasteiger partial charge in [0.25, 0.3) is 0 Å².